The highest BCUT2D eigenvalue weighted by Gasteiger charge is 2.30. The van der Waals surface area contributed by atoms with Gasteiger partial charge in [-0.05, 0) is 36.5 Å². The number of amides is 1. The first-order chi connectivity index (χ1) is 12.0. The number of hydrogen-bond donors (Lipinski definition) is 1. The van der Waals surface area contributed by atoms with Crippen LogP contribution in [0.1, 0.15) is 42.9 Å². The van der Waals surface area contributed by atoms with E-state index in [1.165, 1.54) is 12.1 Å². The smallest absolute Gasteiger partial charge is 0.223 e. The van der Waals surface area contributed by atoms with E-state index in [-0.39, 0.29) is 54.5 Å². The number of carbonyl (C=O) groups is 1. The molecule has 1 saturated carbocycles. The lowest BCUT2D eigenvalue weighted by atomic mass is 9.96. The van der Waals surface area contributed by atoms with Gasteiger partial charge in [0.25, 0.3) is 0 Å². The van der Waals surface area contributed by atoms with E-state index in [4.69, 9.17) is 5.73 Å². The van der Waals surface area contributed by atoms with Crippen molar-refractivity contribution in [2.24, 2.45) is 18.7 Å². The van der Waals surface area contributed by atoms with Gasteiger partial charge in [0.15, 0.2) is 0 Å². The highest BCUT2D eigenvalue weighted by atomic mass is 35.5. The summed E-state index contributed by atoms with van der Waals surface area (Å²) in [6.07, 6.45) is 7.08. The molecule has 0 spiro atoms. The maximum absolute atomic E-state index is 13.8. The predicted octanol–water partition coefficient (Wildman–Crippen LogP) is 3.47. The molecule has 1 fully saturated rings. The van der Waals surface area contributed by atoms with Gasteiger partial charge in [-0.1, -0.05) is 18.6 Å². The van der Waals surface area contributed by atoms with E-state index in [9.17, 15) is 9.18 Å². The van der Waals surface area contributed by atoms with E-state index >= 15 is 0 Å². The molecule has 2 N–H and O–H groups in total. The molecule has 150 valence electrons. The zero-order chi connectivity index (χ0) is 18.0. The summed E-state index contributed by atoms with van der Waals surface area (Å²) in [7, 11) is 3.59. The van der Waals surface area contributed by atoms with Gasteiger partial charge >= 0.3 is 0 Å². The standard InChI is InChI=1S/C19H25FN4O.2ClH/c1-23-12-15(11-22-23)19(14-6-3-7-16(20)9-14)24(2)18(25)10-13-5-4-8-17(13)21;;/h3,6-7,9,11-13,17,19H,4-5,8,10,21H2,1-2H3;2*1H/t13-,17+,19?;;/m0../s1. The van der Waals surface area contributed by atoms with Crippen LogP contribution in [0.15, 0.2) is 36.7 Å². The Hall–Kier alpha value is -1.63. The molecular weight excluding hydrogens is 390 g/mol. The first-order valence-electron chi connectivity index (χ1n) is 8.71. The molecule has 0 radical (unpaired) electrons. The molecule has 8 heteroatoms. The number of aryl methyl sites for hydroxylation is 1. The second-order valence-corrected chi connectivity index (χ2v) is 6.97. The number of nitrogens with two attached hydrogens (primary N) is 1. The van der Waals surface area contributed by atoms with Crippen molar-refractivity contribution in [3.63, 3.8) is 0 Å². The third-order valence-corrected chi connectivity index (χ3v) is 5.14. The van der Waals surface area contributed by atoms with Crippen LogP contribution < -0.4 is 5.73 Å². The summed E-state index contributed by atoms with van der Waals surface area (Å²) in [5.41, 5.74) is 7.71. The van der Waals surface area contributed by atoms with E-state index in [1.807, 2.05) is 19.3 Å². The Kier molecular flexibility index (Phi) is 8.72. The lowest BCUT2D eigenvalue weighted by Crippen LogP contribution is -2.35. The van der Waals surface area contributed by atoms with E-state index in [1.54, 1.807) is 28.9 Å². The second kappa shape index (κ2) is 10.1. The average Bonchev–Trinajstić information content (AvgIpc) is 3.17. The molecule has 1 heterocycles. The minimum atomic E-state index is -0.366. The predicted molar refractivity (Wildman–Crippen MR) is 109 cm³/mol. The molecule has 3 atom stereocenters. The summed E-state index contributed by atoms with van der Waals surface area (Å²) in [5.74, 6) is -0.0532. The molecule has 0 aliphatic heterocycles. The molecular formula is C19H27Cl2FN4O. The molecule has 1 amide bonds. The lowest BCUT2D eigenvalue weighted by Gasteiger charge is -2.29. The van der Waals surface area contributed by atoms with Crippen molar-refractivity contribution in [1.82, 2.24) is 14.7 Å². The number of rotatable bonds is 5. The van der Waals surface area contributed by atoms with Crippen LogP contribution >= 0.6 is 24.8 Å². The largest absolute Gasteiger partial charge is 0.334 e. The molecule has 0 bridgehead atoms. The van der Waals surface area contributed by atoms with Gasteiger partial charge in [0.05, 0.1) is 12.2 Å². The van der Waals surface area contributed by atoms with Gasteiger partial charge in [-0.15, -0.1) is 24.8 Å². The van der Waals surface area contributed by atoms with Gasteiger partial charge in [0.2, 0.25) is 5.91 Å². The Morgan fingerprint density at radius 3 is 2.67 bits per heavy atom. The topological polar surface area (TPSA) is 64.2 Å². The van der Waals surface area contributed by atoms with Crippen molar-refractivity contribution in [2.75, 3.05) is 7.05 Å². The van der Waals surface area contributed by atoms with Gasteiger partial charge in [-0.2, -0.15) is 5.10 Å². The van der Waals surface area contributed by atoms with Crippen molar-refractivity contribution >= 4 is 30.7 Å². The number of benzene rings is 1. The highest BCUT2D eigenvalue weighted by molar-refractivity contribution is 5.85. The van der Waals surface area contributed by atoms with Crippen molar-refractivity contribution in [3.8, 4) is 0 Å². The van der Waals surface area contributed by atoms with Crippen LogP contribution in [0.25, 0.3) is 0 Å². The maximum Gasteiger partial charge on any atom is 0.223 e. The van der Waals surface area contributed by atoms with Crippen molar-refractivity contribution in [1.29, 1.82) is 0 Å². The fourth-order valence-electron chi connectivity index (χ4n) is 3.73. The zero-order valence-corrected chi connectivity index (χ0v) is 17.2. The average molecular weight is 417 g/mol. The van der Waals surface area contributed by atoms with Crippen LogP contribution in [-0.2, 0) is 11.8 Å². The normalized spacial score (nSPS) is 19.7. The molecule has 1 aliphatic carbocycles. The Morgan fingerprint density at radius 1 is 1.37 bits per heavy atom. The van der Waals surface area contributed by atoms with Gasteiger partial charge in [-0.25, -0.2) is 4.39 Å². The van der Waals surface area contributed by atoms with Crippen LogP contribution in [0, 0.1) is 11.7 Å². The molecule has 3 rings (SSSR count). The van der Waals surface area contributed by atoms with Crippen LogP contribution in [0.5, 0.6) is 0 Å². The third-order valence-electron chi connectivity index (χ3n) is 5.14. The molecule has 2 aromatic rings. The zero-order valence-electron chi connectivity index (χ0n) is 15.5. The molecule has 1 unspecified atom stereocenters. The number of aromatic nitrogens is 2. The summed E-state index contributed by atoms with van der Waals surface area (Å²) in [6, 6.07) is 6.12. The van der Waals surface area contributed by atoms with E-state index in [0.29, 0.717) is 6.42 Å². The Bertz CT molecular complexity index is 755. The number of halogens is 3. The summed E-state index contributed by atoms with van der Waals surface area (Å²) in [5, 5.41) is 4.21. The van der Waals surface area contributed by atoms with Gasteiger partial charge in [-0.3, -0.25) is 9.48 Å². The lowest BCUT2D eigenvalue weighted by molar-refractivity contribution is -0.132. The first kappa shape index (κ1) is 23.4. The van der Waals surface area contributed by atoms with Crippen LogP contribution in [0.2, 0.25) is 0 Å². The van der Waals surface area contributed by atoms with Crippen molar-refractivity contribution in [2.45, 2.75) is 37.8 Å². The SMILES string of the molecule is CN(C(=O)C[C@@H]1CCC[C@H]1N)C(c1cccc(F)c1)c1cnn(C)c1.Cl.Cl. The Morgan fingerprint density at radius 2 is 2.11 bits per heavy atom. The van der Waals surface area contributed by atoms with Crippen LogP contribution in [0.3, 0.4) is 0 Å². The van der Waals surface area contributed by atoms with Gasteiger partial charge < -0.3 is 10.6 Å². The summed E-state index contributed by atoms with van der Waals surface area (Å²) < 4.78 is 15.4. The molecule has 27 heavy (non-hydrogen) atoms. The van der Waals surface area contributed by atoms with Crippen molar-refractivity contribution in [3.05, 3.63) is 53.6 Å². The summed E-state index contributed by atoms with van der Waals surface area (Å²) in [4.78, 5) is 14.6. The van der Waals surface area contributed by atoms with Crippen LogP contribution in [0.4, 0.5) is 4.39 Å². The third kappa shape index (κ3) is 5.43. The minimum absolute atomic E-state index is 0. The summed E-state index contributed by atoms with van der Waals surface area (Å²) >= 11 is 0. The monoisotopic (exact) mass is 416 g/mol. The highest BCUT2D eigenvalue weighted by Crippen LogP contribution is 2.31. The fraction of sp³-hybridized carbons (Fsp3) is 0.474. The fourth-order valence-corrected chi connectivity index (χ4v) is 3.73. The van der Waals surface area contributed by atoms with E-state index < -0.39 is 0 Å². The maximum atomic E-state index is 13.8. The Balaban J connectivity index is 0.00000182. The number of carbonyl (C=O) groups excluding carboxylic acids is 1. The Labute approximate surface area is 171 Å². The minimum Gasteiger partial charge on any atom is -0.334 e. The molecule has 1 aromatic carbocycles. The summed E-state index contributed by atoms with van der Waals surface area (Å²) in [6.45, 7) is 0. The molecule has 5 nitrogen and oxygen atoms in total. The van der Waals surface area contributed by atoms with Gasteiger partial charge in [0.1, 0.15) is 5.82 Å². The second-order valence-electron chi connectivity index (χ2n) is 6.97. The first-order valence-corrected chi connectivity index (χ1v) is 8.71. The molecule has 1 aromatic heterocycles. The van der Waals surface area contributed by atoms with Crippen LogP contribution in [-0.4, -0.2) is 33.7 Å². The number of nitrogens with zero attached hydrogens (tertiary/aromatic N) is 3. The molecule has 0 saturated heterocycles. The van der Waals surface area contributed by atoms with Gasteiger partial charge in [0, 0.05) is 38.3 Å². The quantitative estimate of drug-likeness (QED) is 0.811. The molecule has 1 aliphatic rings. The number of hydrogen-bond acceptors (Lipinski definition) is 3. The van der Waals surface area contributed by atoms with E-state index in [0.717, 1.165) is 30.4 Å². The van der Waals surface area contributed by atoms with Crippen molar-refractivity contribution < 1.29 is 9.18 Å². The van der Waals surface area contributed by atoms with E-state index in [2.05, 4.69) is 5.10 Å².